The van der Waals surface area contributed by atoms with Crippen molar-refractivity contribution < 1.29 is 22.0 Å². The molecule has 0 unspecified atom stereocenters. The van der Waals surface area contributed by atoms with Crippen molar-refractivity contribution in [2.45, 2.75) is 37.0 Å². The molecule has 1 aromatic heterocycles. The zero-order valence-electron chi connectivity index (χ0n) is 16.4. The van der Waals surface area contributed by atoms with Crippen LogP contribution in [0.25, 0.3) is 0 Å². The van der Waals surface area contributed by atoms with Gasteiger partial charge in [-0.15, -0.1) is 0 Å². The van der Waals surface area contributed by atoms with Crippen LogP contribution in [-0.4, -0.2) is 49.7 Å². The second-order valence-corrected chi connectivity index (χ2v) is 9.75. The third-order valence-corrected chi connectivity index (χ3v) is 7.72. The summed E-state index contributed by atoms with van der Waals surface area (Å²) >= 11 is 0. The minimum absolute atomic E-state index is 0.0225. The van der Waals surface area contributed by atoms with Crippen LogP contribution in [0.2, 0.25) is 0 Å². The molecular weight excluding hydrogens is 395 g/mol. The molecule has 1 aromatic carbocycles. The first kappa shape index (κ1) is 20.1. The van der Waals surface area contributed by atoms with E-state index in [0.29, 0.717) is 37.8 Å². The summed E-state index contributed by atoms with van der Waals surface area (Å²) in [5.41, 5.74) is 0. The number of halogens is 1. The predicted molar refractivity (Wildman–Crippen MR) is 105 cm³/mol. The van der Waals surface area contributed by atoms with E-state index < -0.39 is 15.8 Å². The van der Waals surface area contributed by atoms with E-state index in [0.717, 1.165) is 24.0 Å². The Labute approximate surface area is 170 Å². The van der Waals surface area contributed by atoms with Crippen molar-refractivity contribution in [2.75, 3.05) is 26.2 Å². The molecule has 2 aliphatic rings. The number of amides is 1. The molecule has 6 nitrogen and oxygen atoms in total. The molecule has 0 bridgehead atoms. The van der Waals surface area contributed by atoms with E-state index in [-0.39, 0.29) is 23.9 Å². The summed E-state index contributed by atoms with van der Waals surface area (Å²) < 4.78 is 46.3. The van der Waals surface area contributed by atoms with Crippen LogP contribution in [0.15, 0.2) is 45.7 Å². The van der Waals surface area contributed by atoms with Crippen LogP contribution < -0.4 is 0 Å². The fraction of sp³-hybridized carbons (Fsp3) is 0.476. The van der Waals surface area contributed by atoms with Gasteiger partial charge in [0.05, 0.1) is 0 Å². The number of hydrogen-bond acceptors (Lipinski definition) is 4. The van der Waals surface area contributed by atoms with Crippen LogP contribution in [0, 0.1) is 11.7 Å². The van der Waals surface area contributed by atoms with E-state index in [1.165, 1.54) is 22.5 Å². The Morgan fingerprint density at radius 2 is 1.83 bits per heavy atom. The van der Waals surface area contributed by atoms with Gasteiger partial charge >= 0.3 is 0 Å². The summed E-state index contributed by atoms with van der Waals surface area (Å²) in [5, 5.41) is 0. The first-order chi connectivity index (χ1) is 13.9. The van der Waals surface area contributed by atoms with Crippen molar-refractivity contribution in [1.29, 1.82) is 0 Å². The summed E-state index contributed by atoms with van der Waals surface area (Å²) in [6, 6.07) is 9.30. The molecule has 1 saturated heterocycles. The third-order valence-electron chi connectivity index (χ3n) is 5.79. The molecule has 156 valence electrons. The number of carbonyl (C=O) groups is 1. The summed E-state index contributed by atoms with van der Waals surface area (Å²) in [4.78, 5) is 13.9. The topological polar surface area (TPSA) is 70.8 Å². The van der Waals surface area contributed by atoms with Crippen LogP contribution in [0.4, 0.5) is 4.39 Å². The second-order valence-electron chi connectivity index (χ2n) is 7.84. The van der Waals surface area contributed by atoms with E-state index >= 15 is 0 Å². The number of carbonyl (C=O) groups excluding carboxylic acids is 1. The maximum Gasteiger partial charge on any atom is 0.246 e. The Morgan fingerprint density at radius 3 is 2.48 bits per heavy atom. The van der Waals surface area contributed by atoms with Crippen molar-refractivity contribution in [3.05, 3.63) is 53.7 Å². The molecule has 0 radical (unpaired) electrons. The highest BCUT2D eigenvalue weighted by atomic mass is 32.2. The monoisotopic (exact) mass is 420 g/mol. The van der Waals surface area contributed by atoms with E-state index in [4.69, 9.17) is 4.42 Å². The van der Waals surface area contributed by atoms with Gasteiger partial charge in [-0.2, -0.15) is 4.31 Å². The quantitative estimate of drug-likeness (QED) is 0.720. The molecular formula is C21H25FN2O4S. The third kappa shape index (κ3) is 4.23. The van der Waals surface area contributed by atoms with Crippen LogP contribution in [0.1, 0.15) is 37.2 Å². The molecule has 2 atom stereocenters. The predicted octanol–water partition coefficient (Wildman–Crippen LogP) is 3.01. The van der Waals surface area contributed by atoms with Crippen LogP contribution in [0.5, 0.6) is 0 Å². The van der Waals surface area contributed by atoms with Gasteiger partial charge in [-0.3, -0.25) is 4.79 Å². The van der Waals surface area contributed by atoms with Gasteiger partial charge in [0, 0.05) is 44.9 Å². The molecule has 1 aliphatic carbocycles. The van der Waals surface area contributed by atoms with Crippen molar-refractivity contribution in [1.82, 2.24) is 9.21 Å². The Balaban J connectivity index is 1.29. The largest absolute Gasteiger partial charge is 0.466 e. The normalized spacial score (nSPS) is 22.6. The highest BCUT2D eigenvalue weighted by Crippen LogP contribution is 2.47. The van der Waals surface area contributed by atoms with Crippen molar-refractivity contribution in [3.8, 4) is 0 Å². The van der Waals surface area contributed by atoms with Crippen LogP contribution in [-0.2, 0) is 21.2 Å². The number of hydrogen-bond donors (Lipinski definition) is 0. The van der Waals surface area contributed by atoms with E-state index in [9.17, 15) is 17.6 Å². The average molecular weight is 421 g/mol. The van der Waals surface area contributed by atoms with Gasteiger partial charge in [0.2, 0.25) is 15.9 Å². The SMILES string of the molecule is C[C@@H]1C[C@H]1c1ccc(CCC(=O)N2CCN(S(=O)(=O)c3ccccc3F)CC2)o1. The maximum atomic E-state index is 13.9. The molecule has 2 heterocycles. The molecule has 4 rings (SSSR count). The Morgan fingerprint density at radius 1 is 1.14 bits per heavy atom. The van der Waals surface area contributed by atoms with Gasteiger partial charge in [-0.25, -0.2) is 12.8 Å². The molecule has 2 fully saturated rings. The fourth-order valence-electron chi connectivity index (χ4n) is 3.81. The highest BCUT2D eigenvalue weighted by molar-refractivity contribution is 7.89. The molecule has 2 aromatic rings. The minimum Gasteiger partial charge on any atom is -0.466 e. The number of rotatable bonds is 6. The standard InChI is InChI=1S/C21H25FN2O4S/c1-15-14-17(15)19-8-6-16(28-19)7-9-21(25)23-10-12-24(13-11-23)29(26,27)20-5-3-2-4-18(20)22/h2-6,8,15,17H,7,9-14H2,1H3/t15-,17-/m1/s1. The number of piperazine rings is 1. The zero-order chi connectivity index (χ0) is 20.6. The van der Waals surface area contributed by atoms with Crippen molar-refractivity contribution >= 4 is 15.9 Å². The lowest BCUT2D eigenvalue weighted by atomic mass is 10.2. The van der Waals surface area contributed by atoms with Crippen LogP contribution in [0.3, 0.4) is 0 Å². The fourth-order valence-corrected chi connectivity index (χ4v) is 5.29. The number of furan rings is 1. The summed E-state index contributed by atoms with van der Waals surface area (Å²) in [7, 11) is -3.90. The molecule has 1 amide bonds. The molecule has 8 heteroatoms. The number of sulfonamides is 1. The van der Waals surface area contributed by atoms with Gasteiger partial charge in [0.25, 0.3) is 0 Å². The van der Waals surface area contributed by atoms with E-state index in [1.807, 2.05) is 12.1 Å². The summed E-state index contributed by atoms with van der Waals surface area (Å²) in [6.45, 7) is 3.12. The first-order valence-electron chi connectivity index (χ1n) is 9.97. The lowest BCUT2D eigenvalue weighted by molar-refractivity contribution is -0.132. The van der Waals surface area contributed by atoms with E-state index in [2.05, 4.69) is 6.92 Å². The Hall–Kier alpha value is -2.19. The second kappa shape index (κ2) is 7.91. The van der Waals surface area contributed by atoms with Gasteiger partial charge in [0.1, 0.15) is 22.2 Å². The lowest BCUT2D eigenvalue weighted by Gasteiger charge is -2.34. The molecule has 1 saturated carbocycles. The van der Waals surface area contributed by atoms with Gasteiger partial charge in [0.15, 0.2) is 0 Å². The Kier molecular flexibility index (Phi) is 5.48. The van der Waals surface area contributed by atoms with Gasteiger partial charge in [-0.1, -0.05) is 19.1 Å². The van der Waals surface area contributed by atoms with E-state index in [1.54, 1.807) is 4.90 Å². The number of aryl methyl sites for hydroxylation is 1. The lowest BCUT2D eigenvalue weighted by Crippen LogP contribution is -2.50. The molecule has 0 spiro atoms. The van der Waals surface area contributed by atoms with Gasteiger partial charge < -0.3 is 9.32 Å². The van der Waals surface area contributed by atoms with Gasteiger partial charge in [-0.05, 0) is 36.6 Å². The number of benzene rings is 1. The molecule has 29 heavy (non-hydrogen) atoms. The smallest absolute Gasteiger partial charge is 0.246 e. The molecule has 1 aliphatic heterocycles. The number of nitrogens with zero attached hydrogens (tertiary/aromatic N) is 2. The maximum absolute atomic E-state index is 13.9. The van der Waals surface area contributed by atoms with Crippen LogP contribution >= 0.6 is 0 Å². The van der Waals surface area contributed by atoms with Crippen molar-refractivity contribution in [3.63, 3.8) is 0 Å². The summed E-state index contributed by atoms with van der Waals surface area (Å²) in [5.74, 6) is 2.23. The van der Waals surface area contributed by atoms with Crippen molar-refractivity contribution in [2.24, 2.45) is 5.92 Å². The zero-order valence-corrected chi connectivity index (χ0v) is 17.2. The molecule has 0 N–H and O–H groups in total. The first-order valence-corrected chi connectivity index (χ1v) is 11.4. The highest BCUT2D eigenvalue weighted by Gasteiger charge is 2.36. The summed E-state index contributed by atoms with van der Waals surface area (Å²) in [6.07, 6.45) is 2.02. The Bertz CT molecular complexity index is 996. The average Bonchev–Trinajstić information content (AvgIpc) is 3.25. The minimum atomic E-state index is -3.90.